The Hall–Kier alpha value is -1.99. The van der Waals surface area contributed by atoms with Gasteiger partial charge in [0.25, 0.3) is 0 Å². The molecule has 0 spiro atoms. The van der Waals surface area contributed by atoms with Gasteiger partial charge >= 0.3 is 16.5 Å². The first kappa shape index (κ1) is 63.0. The van der Waals surface area contributed by atoms with Crippen molar-refractivity contribution in [1.82, 2.24) is 0 Å². The van der Waals surface area contributed by atoms with Crippen molar-refractivity contribution in [3.05, 3.63) is 99.8 Å². The number of rotatable bonds is 35. The van der Waals surface area contributed by atoms with Crippen LogP contribution in [-0.2, 0) is 42.2 Å². The molecule has 2 aromatic rings. The Balaban J connectivity index is 0.00000105. The van der Waals surface area contributed by atoms with Gasteiger partial charge in [0, 0.05) is 22.8 Å². The van der Waals surface area contributed by atoms with Crippen LogP contribution in [0, 0.1) is 27.7 Å². The van der Waals surface area contributed by atoms with Crippen LogP contribution in [0.15, 0.2) is 35.9 Å². The van der Waals surface area contributed by atoms with Gasteiger partial charge in [0.1, 0.15) is 0 Å². The van der Waals surface area contributed by atoms with E-state index in [-0.39, 0.29) is 16.5 Å². The molecule has 2 aromatic carbocycles. The molecular weight excluding hydrogens is 831 g/mol. The van der Waals surface area contributed by atoms with Crippen molar-refractivity contribution >= 4 is 11.4 Å². The molecule has 0 fully saturated rings. The van der Waals surface area contributed by atoms with Gasteiger partial charge in [-0.25, -0.2) is 4.70 Å². The van der Waals surface area contributed by atoms with Crippen LogP contribution in [0.5, 0.6) is 0 Å². The summed E-state index contributed by atoms with van der Waals surface area (Å²) >= 11 is 0. The number of unbranched alkanes of at least 4 members (excludes halogenated alkanes) is 27. The summed E-state index contributed by atoms with van der Waals surface area (Å²) in [5.74, 6) is 0. The molecule has 0 amide bonds. The van der Waals surface area contributed by atoms with Gasteiger partial charge in [-0.3, -0.25) is 0 Å². The second-order valence-corrected chi connectivity index (χ2v) is 19.3. The fraction of sp³-hybridized carbons (Fsp3) is 0.710. The minimum atomic E-state index is 0. The number of nitrogens with zero attached hydrogens (tertiary/aromatic N) is 2. The number of hydrogen-bond donors (Lipinski definition) is 0. The van der Waals surface area contributed by atoms with E-state index < -0.39 is 0 Å². The summed E-state index contributed by atoms with van der Waals surface area (Å²) < 4.78 is 1.47. The largest absolute Gasteiger partial charge is 2.00 e. The van der Waals surface area contributed by atoms with Crippen LogP contribution in [0.3, 0.4) is 0 Å². The molecule has 0 aromatic heterocycles. The average Bonchev–Trinajstić information content (AvgIpc) is 3.64. The van der Waals surface area contributed by atoms with E-state index in [1.807, 2.05) is 0 Å². The van der Waals surface area contributed by atoms with Crippen molar-refractivity contribution in [2.75, 3.05) is 0 Å². The molecule has 374 valence electrons. The molecule has 1 heterocycles. The zero-order chi connectivity index (χ0) is 47.2. The first-order valence-electron chi connectivity index (χ1n) is 28.0. The van der Waals surface area contributed by atoms with Crippen LogP contribution in [0.25, 0.3) is 16.9 Å². The molecule has 0 radical (unpaired) electrons. The number of allylic oxidation sites excluding steroid dienone is 2. The quantitative estimate of drug-likeness (QED) is 0.0285. The predicted molar refractivity (Wildman–Crippen MR) is 289 cm³/mol. The van der Waals surface area contributed by atoms with Gasteiger partial charge < -0.3 is 19.4 Å². The van der Waals surface area contributed by atoms with Crippen molar-refractivity contribution in [2.24, 2.45) is 0 Å². The topological polar surface area (TPSA) is 25.3 Å². The van der Waals surface area contributed by atoms with Gasteiger partial charge in [0.05, 0.1) is 0 Å². The Morgan fingerprint density at radius 3 is 0.954 bits per heavy atom. The van der Waals surface area contributed by atoms with E-state index in [9.17, 15) is 5.53 Å². The summed E-state index contributed by atoms with van der Waals surface area (Å²) in [5.41, 5.74) is 25.2. The van der Waals surface area contributed by atoms with Gasteiger partial charge in [-0.2, -0.15) is 12.8 Å². The van der Waals surface area contributed by atoms with Crippen molar-refractivity contribution in [3.63, 3.8) is 0 Å². The van der Waals surface area contributed by atoms with E-state index in [2.05, 4.69) is 107 Å². The average molecular weight is 938 g/mol. The smallest absolute Gasteiger partial charge is 0.493 e. The Labute approximate surface area is 417 Å². The minimum absolute atomic E-state index is 0. The van der Waals surface area contributed by atoms with E-state index in [0.29, 0.717) is 0 Å². The minimum Gasteiger partial charge on any atom is -0.493 e. The van der Waals surface area contributed by atoms with E-state index >= 15 is 0 Å². The zero-order valence-electron chi connectivity index (χ0n) is 44.8. The number of hydrogen-bond acceptors (Lipinski definition) is 0. The Kier molecular flexibility index (Phi) is 40.9. The van der Waals surface area contributed by atoms with Crippen LogP contribution in [0.4, 0.5) is 0 Å². The molecule has 65 heavy (non-hydrogen) atoms. The maximum atomic E-state index is 11.5. The molecule has 0 N–H and O–H groups in total. The Morgan fingerprint density at radius 1 is 0.400 bits per heavy atom. The van der Waals surface area contributed by atoms with Gasteiger partial charge in [-0.1, -0.05) is 222 Å². The maximum Gasteiger partial charge on any atom is 2.00 e. The normalized spacial score (nSPS) is 12.2. The van der Waals surface area contributed by atoms with Crippen LogP contribution < -0.4 is 0 Å². The van der Waals surface area contributed by atoms with Gasteiger partial charge in [0.2, 0.25) is 11.4 Å². The van der Waals surface area contributed by atoms with Crippen molar-refractivity contribution < 1.29 is 21.2 Å². The van der Waals surface area contributed by atoms with Gasteiger partial charge in [0.15, 0.2) is 0 Å². The molecule has 0 atom stereocenters. The summed E-state index contributed by atoms with van der Waals surface area (Å²) in [6.07, 6.45) is 49.2. The molecule has 3 heteroatoms. The molecule has 0 unspecified atom stereocenters. The first-order valence-corrected chi connectivity index (χ1v) is 28.0. The van der Waals surface area contributed by atoms with Crippen molar-refractivity contribution in [3.8, 4) is 0 Å². The van der Waals surface area contributed by atoms with Crippen LogP contribution in [0.2, 0.25) is 0 Å². The van der Waals surface area contributed by atoms with E-state index in [1.165, 1.54) is 211 Å². The summed E-state index contributed by atoms with van der Waals surface area (Å²) in [6, 6.07) is 9.13. The molecule has 1 aliphatic rings. The van der Waals surface area contributed by atoms with Crippen LogP contribution >= 0.6 is 0 Å². The van der Waals surface area contributed by atoms with Crippen molar-refractivity contribution in [1.29, 1.82) is 0 Å². The molecule has 0 aliphatic carbocycles. The number of benzene rings is 2. The van der Waals surface area contributed by atoms with Crippen molar-refractivity contribution in [2.45, 2.75) is 287 Å². The number of aryl methyl sites for hydroxylation is 4. The zero-order valence-corrected chi connectivity index (χ0v) is 45.7. The Bertz CT molecular complexity index is 1440. The molecule has 0 saturated heterocycles. The Morgan fingerprint density at radius 2 is 0.677 bits per heavy atom. The molecule has 3 rings (SSSR count). The molecule has 1 aliphatic heterocycles. The maximum absolute atomic E-state index is 11.5. The van der Waals surface area contributed by atoms with Crippen LogP contribution in [-0.4, -0.2) is 4.70 Å². The summed E-state index contributed by atoms with van der Waals surface area (Å²) in [6.45, 7) is 27.9. The van der Waals surface area contributed by atoms with Gasteiger partial charge in [-0.05, 0) is 110 Å². The molecule has 0 bridgehead atoms. The SMILES string of the molecule is CCCCC1=C(c2cc(CC)c(C)c(CC)c2)[N+](=[N-])C(c2cc(CC)c(C)c(CC)c2)=C1.[CH2-]CCCCCCCCCCCCCCC.[CH2-]CCCCCCCCCCCCCCC.[Ni+2]. The second kappa shape index (κ2) is 42.1. The monoisotopic (exact) mass is 937 g/mol. The summed E-state index contributed by atoms with van der Waals surface area (Å²) in [7, 11) is 0. The third kappa shape index (κ3) is 26.4. The van der Waals surface area contributed by atoms with E-state index in [0.717, 1.165) is 80.3 Å². The third-order valence-electron chi connectivity index (χ3n) is 13.9. The standard InChI is InChI=1S/C30H40N2.2C16H33.Ni/c1-8-13-14-26-19-29(27-15-22(9-2)20(6)23(10-3)16-27)32(31)30(26)28-17-24(11-4)21(7)25(12-5)18-28;2*1-3-5-7-9-11-13-15-16-14-12-10-8-6-4-2;/h15-19H,8-14H2,1-7H3;2*1,3-16H2,2H3;/q;2*-1;+2. The molecular formula is C62H106N2Ni. The summed E-state index contributed by atoms with van der Waals surface area (Å²) in [4.78, 5) is 0. The fourth-order valence-corrected chi connectivity index (χ4v) is 9.44. The molecule has 0 saturated carbocycles. The third-order valence-corrected chi connectivity index (χ3v) is 13.9. The van der Waals surface area contributed by atoms with E-state index in [1.54, 1.807) is 0 Å². The summed E-state index contributed by atoms with van der Waals surface area (Å²) in [5, 5.41) is 0. The molecule has 2 nitrogen and oxygen atoms in total. The van der Waals surface area contributed by atoms with Crippen LogP contribution in [0.1, 0.15) is 292 Å². The van der Waals surface area contributed by atoms with E-state index in [4.69, 9.17) is 0 Å². The predicted octanol–water partition coefficient (Wildman–Crippen LogP) is 21.1. The second-order valence-electron chi connectivity index (χ2n) is 19.3. The van der Waals surface area contributed by atoms with Gasteiger partial charge in [-0.15, -0.1) is 0 Å². The first-order chi connectivity index (χ1) is 31.2. The fourth-order valence-electron chi connectivity index (χ4n) is 9.44.